The summed E-state index contributed by atoms with van der Waals surface area (Å²) in [6.07, 6.45) is 9.73. The van der Waals surface area contributed by atoms with Gasteiger partial charge in [0.15, 0.2) is 0 Å². The fourth-order valence-electron chi connectivity index (χ4n) is 1.90. The van der Waals surface area contributed by atoms with Gasteiger partial charge in [0.2, 0.25) is 0 Å². The van der Waals surface area contributed by atoms with Crippen LogP contribution in [0.4, 0.5) is 0 Å². The van der Waals surface area contributed by atoms with Crippen molar-refractivity contribution in [2.45, 2.75) is 58.0 Å². The van der Waals surface area contributed by atoms with E-state index in [1.807, 2.05) is 13.8 Å². The van der Waals surface area contributed by atoms with Gasteiger partial charge in [0, 0.05) is 0 Å². The molecule has 0 aromatic carbocycles. The zero-order valence-corrected chi connectivity index (χ0v) is 10.2. The van der Waals surface area contributed by atoms with Crippen LogP contribution in [0.3, 0.4) is 0 Å². The van der Waals surface area contributed by atoms with Gasteiger partial charge in [-0.25, -0.2) is 0 Å². The Morgan fingerprint density at radius 3 is 2.73 bits per heavy atom. The molecule has 0 unspecified atom stereocenters. The SMILES string of the molecule is CC(C)(O)CCNCCC1=CCCCC1. The number of nitrogens with one attached hydrogen (secondary N) is 1. The number of hydrogen-bond acceptors (Lipinski definition) is 2. The normalized spacial score (nSPS) is 17.7. The molecule has 0 aromatic rings. The lowest BCUT2D eigenvalue weighted by Gasteiger charge is -2.17. The smallest absolute Gasteiger partial charge is 0.0603 e. The monoisotopic (exact) mass is 211 g/mol. The van der Waals surface area contributed by atoms with Crippen LogP contribution in [0, 0.1) is 0 Å². The third-order valence-corrected chi connectivity index (χ3v) is 2.92. The highest BCUT2D eigenvalue weighted by molar-refractivity contribution is 5.05. The Morgan fingerprint density at radius 1 is 1.33 bits per heavy atom. The molecule has 2 nitrogen and oxygen atoms in total. The minimum absolute atomic E-state index is 0.531. The first-order chi connectivity index (χ1) is 7.08. The van der Waals surface area contributed by atoms with Crippen LogP contribution in [-0.2, 0) is 0 Å². The molecule has 0 aliphatic heterocycles. The first-order valence-corrected chi connectivity index (χ1v) is 6.19. The first-order valence-electron chi connectivity index (χ1n) is 6.19. The van der Waals surface area contributed by atoms with E-state index in [1.165, 1.54) is 32.1 Å². The lowest BCUT2D eigenvalue weighted by Crippen LogP contribution is -2.27. The van der Waals surface area contributed by atoms with Gasteiger partial charge >= 0.3 is 0 Å². The Morgan fingerprint density at radius 2 is 2.13 bits per heavy atom. The van der Waals surface area contributed by atoms with Crippen LogP contribution in [0.5, 0.6) is 0 Å². The summed E-state index contributed by atoms with van der Waals surface area (Å²) in [5.41, 5.74) is 1.09. The van der Waals surface area contributed by atoms with Crippen LogP contribution in [0.2, 0.25) is 0 Å². The van der Waals surface area contributed by atoms with Crippen molar-refractivity contribution in [3.63, 3.8) is 0 Å². The van der Waals surface area contributed by atoms with Crippen molar-refractivity contribution in [2.24, 2.45) is 0 Å². The lowest BCUT2D eigenvalue weighted by atomic mass is 9.97. The molecule has 2 heteroatoms. The summed E-state index contributed by atoms with van der Waals surface area (Å²) in [4.78, 5) is 0. The summed E-state index contributed by atoms with van der Waals surface area (Å²) < 4.78 is 0. The van der Waals surface area contributed by atoms with Gasteiger partial charge < -0.3 is 10.4 Å². The molecule has 2 N–H and O–H groups in total. The maximum absolute atomic E-state index is 9.51. The second-order valence-corrected chi connectivity index (χ2v) is 5.17. The fourth-order valence-corrected chi connectivity index (χ4v) is 1.90. The first kappa shape index (κ1) is 12.7. The molecule has 0 fully saturated rings. The predicted molar refractivity (Wildman–Crippen MR) is 65.0 cm³/mol. The highest BCUT2D eigenvalue weighted by Gasteiger charge is 2.10. The van der Waals surface area contributed by atoms with Crippen LogP contribution in [-0.4, -0.2) is 23.8 Å². The third kappa shape index (κ3) is 6.69. The number of rotatable bonds is 6. The molecule has 1 aliphatic rings. The van der Waals surface area contributed by atoms with E-state index in [9.17, 15) is 5.11 Å². The lowest BCUT2D eigenvalue weighted by molar-refractivity contribution is 0.0713. The molecule has 88 valence electrons. The average Bonchev–Trinajstić information content (AvgIpc) is 2.17. The molecule has 1 aliphatic carbocycles. The molecule has 0 bridgehead atoms. The van der Waals surface area contributed by atoms with Crippen LogP contribution in [0.25, 0.3) is 0 Å². The molecule has 1 rings (SSSR count). The number of aliphatic hydroxyl groups is 1. The Hall–Kier alpha value is -0.340. The minimum atomic E-state index is -0.531. The van der Waals surface area contributed by atoms with Gasteiger partial charge in [-0.15, -0.1) is 0 Å². The topological polar surface area (TPSA) is 32.3 Å². The molecule has 0 atom stereocenters. The highest BCUT2D eigenvalue weighted by atomic mass is 16.3. The Balaban J connectivity index is 1.99. The summed E-state index contributed by atoms with van der Waals surface area (Å²) >= 11 is 0. The van der Waals surface area contributed by atoms with Crippen molar-refractivity contribution in [3.05, 3.63) is 11.6 Å². The van der Waals surface area contributed by atoms with Gasteiger partial charge in [0.05, 0.1) is 5.60 Å². The summed E-state index contributed by atoms with van der Waals surface area (Å²) in [6, 6.07) is 0. The molecule has 0 heterocycles. The molecule has 15 heavy (non-hydrogen) atoms. The van der Waals surface area contributed by atoms with E-state index in [0.717, 1.165) is 19.5 Å². The van der Waals surface area contributed by atoms with Gasteiger partial charge in [0.1, 0.15) is 0 Å². The van der Waals surface area contributed by atoms with E-state index < -0.39 is 5.60 Å². The van der Waals surface area contributed by atoms with Gasteiger partial charge in [0.25, 0.3) is 0 Å². The molecule has 0 amide bonds. The standard InChI is InChI=1S/C13H25NO/c1-13(2,15)9-11-14-10-8-12-6-4-3-5-7-12/h6,14-15H,3-5,7-11H2,1-2H3. The fraction of sp³-hybridized carbons (Fsp3) is 0.846. The molecule has 0 spiro atoms. The van der Waals surface area contributed by atoms with E-state index in [-0.39, 0.29) is 0 Å². The third-order valence-electron chi connectivity index (χ3n) is 2.92. The maximum Gasteiger partial charge on any atom is 0.0603 e. The zero-order chi connectivity index (χ0) is 11.1. The van der Waals surface area contributed by atoms with E-state index in [0.29, 0.717) is 0 Å². The second kappa shape index (κ2) is 6.29. The predicted octanol–water partition coefficient (Wildman–Crippen LogP) is 2.63. The Bertz CT molecular complexity index is 203. The van der Waals surface area contributed by atoms with Crippen molar-refractivity contribution in [2.75, 3.05) is 13.1 Å². The van der Waals surface area contributed by atoms with Crippen LogP contribution in [0.1, 0.15) is 52.4 Å². The minimum Gasteiger partial charge on any atom is -0.390 e. The van der Waals surface area contributed by atoms with Crippen molar-refractivity contribution >= 4 is 0 Å². The second-order valence-electron chi connectivity index (χ2n) is 5.17. The van der Waals surface area contributed by atoms with Crippen molar-refractivity contribution < 1.29 is 5.11 Å². The summed E-state index contributed by atoms with van der Waals surface area (Å²) in [5, 5.41) is 12.9. The van der Waals surface area contributed by atoms with E-state index in [4.69, 9.17) is 0 Å². The quantitative estimate of drug-likeness (QED) is 0.523. The zero-order valence-electron chi connectivity index (χ0n) is 10.2. The summed E-state index contributed by atoms with van der Waals surface area (Å²) in [5.74, 6) is 0. The van der Waals surface area contributed by atoms with Crippen LogP contribution >= 0.6 is 0 Å². The Kier molecular flexibility index (Phi) is 5.34. The number of hydrogen-bond donors (Lipinski definition) is 2. The van der Waals surface area contributed by atoms with Crippen LogP contribution in [0.15, 0.2) is 11.6 Å². The molecule has 0 saturated carbocycles. The van der Waals surface area contributed by atoms with Gasteiger partial charge in [-0.3, -0.25) is 0 Å². The van der Waals surface area contributed by atoms with Crippen molar-refractivity contribution in [3.8, 4) is 0 Å². The van der Waals surface area contributed by atoms with Gasteiger partial charge in [-0.05, 0) is 65.5 Å². The largest absolute Gasteiger partial charge is 0.390 e. The van der Waals surface area contributed by atoms with E-state index in [1.54, 1.807) is 5.57 Å². The molecular weight excluding hydrogens is 186 g/mol. The highest BCUT2D eigenvalue weighted by Crippen LogP contribution is 2.19. The van der Waals surface area contributed by atoms with E-state index >= 15 is 0 Å². The van der Waals surface area contributed by atoms with Crippen molar-refractivity contribution in [1.82, 2.24) is 5.32 Å². The summed E-state index contributed by atoms with van der Waals surface area (Å²) in [6.45, 7) is 5.69. The summed E-state index contributed by atoms with van der Waals surface area (Å²) in [7, 11) is 0. The van der Waals surface area contributed by atoms with Gasteiger partial charge in [-0.2, -0.15) is 0 Å². The Labute approximate surface area is 93.8 Å². The maximum atomic E-state index is 9.51. The molecular formula is C13H25NO. The van der Waals surface area contributed by atoms with E-state index in [2.05, 4.69) is 11.4 Å². The van der Waals surface area contributed by atoms with Crippen molar-refractivity contribution in [1.29, 1.82) is 0 Å². The van der Waals surface area contributed by atoms with Gasteiger partial charge in [-0.1, -0.05) is 11.6 Å². The van der Waals surface area contributed by atoms with Crippen LogP contribution < -0.4 is 5.32 Å². The molecule has 0 radical (unpaired) electrons. The number of allylic oxidation sites excluding steroid dienone is 1. The molecule has 0 aromatic heterocycles. The average molecular weight is 211 g/mol. The molecule has 0 saturated heterocycles.